The number of ether oxygens (including phenoxy) is 1. The van der Waals surface area contributed by atoms with E-state index in [4.69, 9.17) is 4.74 Å². The Kier molecular flexibility index (Phi) is 3.50. The zero-order valence-corrected chi connectivity index (χ0v) is 10.4. The van der Waals surface area contributed by atoms with Crippen LogP contribution in [0.5, 0.6) is 0 Å². The Morgan fingerprint density at radius 3 is 2.81 bits per heavy atom. The maximum atomic E-state index is 12.2. The van der Waals surface area contributed by atoms with Crippen LogP contribution in [0.1, 0.15) is 33.6 Å². The number of nitrogens with zero attached hydrogens (tertiary/aromatic N) is 1. The molecule has 0 bridgehead atoms. The van der Waals surface area contributed by atoms with Gasteiger partial charge in [0, 0.05) is 13.2 Å². The summed E-state index contributed by atoms with van der Waals surface area (Å²) >= 11 is 0. The first-order chi connectivity index (χ1) is 7.59. The SMILES string of the molecule is CC(C)C1NC(C)N(CC2CCCO2)C1=O. The van der Waals surface area contributed by atoms with Crippen LogP contribution in [-0.4, -0.2) is 42.3 Å². The summed E-state index contributed by atoms with van der Waals surface area (Å²) in [5, 5.41) is 3.35. The van der Waals surface area contributed by atoms with Crippen molar-refractivity contribution in [3.8, 4) is 0 Å². The summed E-state index contributed by atoms with van der Waals surface area (Å²) in [6.07, 6.45) is 2.61. The highest BCUT2D eigenvalue weighted by Gasteiger charge is 2.39. The average Bonchev–Trinajstić information content (AvgIpc) is 2.81. The van der Waals surface area contributed by atoms with Crippen LogP contribution in [0.4, 0.5) is 0 Å². The van der Waals surface area contributed by atoms with E-state index < -0.39 is 0 Å². The quantitative estimate of drug-likeness (QED) is 0.779. The van der Waals surface area contributed by atoms with Crippen molar-refractivity contribution in [2.45, 2.75) is 51.9 Å². The van der Waals surface area contributed by atoms with Crippen molar-refractivity contribution in [1.82, 2.24) is 10.2 Å². The van der Waals surface area contributed by atoms with E-state index in [2.05, 4.69) is 26.1 Å². The van der Waals surface area contributed by atoms with E-state index in [1.54, 1.807) is 0 Å². The Morgan fingerprint density at radius 2 is 2.31 bits per heavy atom. The minimum atomic E-state index is -0.0172. The molecule has 0 radical (unpaired) electrons. The highest BCUT2D eigenvalue weighted by molar-refractivity contribution is 5.84. The molecule has 0 saturated carbocycles. The maximum absolute atomic E-state index is 12.2. The van der Waals surface area contributed by atoms with Crippen molar-refractivity contribution in [3.63, 3.8) is 0 Å². The normalized spacial score (nSPS) is 35.4. The van der Waals surface area contributed by atoms with Crippen molar-refractivity contribution in [2.75, 3.05) is 13.2 Å². The molecule has 0 aromatic heterocycles. The second kappa shape index (κ2) is 4.72. The minimum Gasteiger partial charge on any atom is -0.376 e. The van der Waals surface area contributed by atoms with Crippen molar-refractivity contribution in [1.29, 1.82) is 0 Å². The molecule has 3 unspecified atom stereocenters. The van der Waals surface area contributed by atoms with E-state index in [0.717, 1.165) is 26.0 Å². The first-order valence-electron chi connectivity index (χ1n) is 6.27. The zero-order valence-electron chi connectivity index (χ0n) is 10.4. The van der Waals surface area contributed by atoms with Gasteiger partial charge in [-0.15, -0.1) is 0 Å². The van der Waals surface area contributed by atoms with Crippen LogP contribution in [0.15, 0.2) is 0 Å². The highest BCUT2D eigenvalue weighted by Crippen LogP contribution is 2.20. The molecule has 0 aromatic rings. The van der Waals surface area contributed by atoms with Gasteiger partial charge >= 0.3 is 0 Å². The van der Waals surface area contributed by atoms with Crippen molar-refractivity contribution in [2.24, 2.45) is 5.92 Å². The van der Waals surface area contributed by atoms with E-state index in [1.807, 2.05) is 4.90 Å². The fraction of sp³-hybridized carbons (Fsp3) is 0.917. The molecule has 2 fully saturated rings. The predicted octanol–water partition coefficient (Wildman–Crippen LogP) is 0.968. The number of amides is 1. The molecule has 4 nitrogen and oxygen atoms in total. The lowest BCUT2D eigenvalue weighted by Gasteiger charge is -2.24. The van der Waals surface area contributed by atoms with E-state index in [9.17, 15) is 4.79 Å². The fourth-order valence-corrected chi connectivity index (χ4v) is 2.52. The Labute approximate surface area is 97.3 Å². The number of nitrogens with one attached hydrogen (secondary N) is 1. The summed E-state index contributed by atoms with van der Waals surface area (Å²) < 4.78 is 5.59. The number of carbonyl (C=O) groups excluding carboxylic acids is 1. The Bertz CT molecular complexity index is 262. The molecule has 2 aliphatic heterocycles. The van der Waals surface area contributed by atoms with Crippen LogP contribution < -0.4 is 5.32 Å². The van der Waals surface area contributed by atoms with Crippen molar-refractivity contribution in [3.05, 3.63) is 0 Å². The molecule has 4 heteroatoms. The highest BCUT2D eigenvalue weighted by atomic mass is 16.5. The third-order valence-corrected chi connectivity index (χ3v) is 3.53. The lowest BCUT2D eigenvalue weighted by Crippen LogP contribution is -2.40. The molecule has 1 N–H and O–H groups in total. The summed E-state index contributed by atoms with van der Waals surface area (Å²) in [5.74, 6) is 0.586. The summed E-state index contributed by atoms with van der Waals surface area (Å²) in [6, 6.07) is -0.0172. The van der Waals surface area contributed by atoms with Gasteiger partial charge in [-0.2, -0.15) is 0 Å². The standard InChI is InChI=1S/C12H22N2O2/c1-8(2)11-12(15)14(9(3)13-11)7-10-5-4-6-16-10/h8-11,13H,4-7H2,1-3H3. The summed E-state index contributed by atoms with van der Waals surface area (Å²) in [6.45, 7) is 7.81. The molecule has 2 rings (SSSR count). The molecule has 1 amide bonds. The second-order valence-corrected chi connectivity index (χ2v) is 5.19. The Morgan fingerprint density at radius 1 is 1.56 bits per heavy atom. The number of rotatable bonds is 3. The van der Waals surface area contributed by atoms with Crippen LogP contribution in [0.25, 0.3) is 0 Å². The maximum Gasteiger partial charge on any atom is 0.241 e. The van der Waals surface area contributed by atoms with Crippen molar-refractivity contribution < 1.29 is 9.53 Å². The smallest absolute Gasteiger partial charge is 0.241 e. The lowest BCUT2D eigenvalue weighted by atomic mass is 10.0. The van der Waals surface area contributed by atoms with E-state index >= 15 is 0 Å². The molecule has 16 heavy (non-hydrogen) atoms. The van der Waals surface area contributed by atoms with E-state index in [0.29, 0.717) is 5.92 Å². The fourth-order valence-electron chi connectivity index (χ4n) is 2.52. The van der Waals surface area contributed by atoms with Crippen LogP contribution >= 0.6 is 0 Å². The van der Waals surface area contributed by atoms with Gasteiger partial charge in [-0.25, -0.2) is 0 Å². The topological polar surface area (TPSA) is 41.6 Å². The van der Waals surface area contributed by atoms with Gasteiger partial charge in [0.25, 0.3) is 0 Å². The van der Waals surface area contributed by atoms with Gasteiger partial charge in [0.05, 0.1) is 18.3 Å². The zero-order chi connectivity index (χ0) is 11.7. The minimum absolute atomic E-state index is 0.0172. The van der Waals surface area contributed by atoms with Gasteiger partial charge < -0.3 is 9.64 Å². The Balaban J connectivity index is 1.96. The average molecular weight is 226 g/mol. The third-order valence-electron chi connectivity index (χ3n) is 3.53. The number of hydrogen-bond acceptors (Lipinski definition) is 3. The Hall–Kier alpha value is -0.610. The van der Waals surface area contributed by atoms with Gasteiger partial charge in [0.15, 0.2) is 0 Å². The van der Waals surface area contributed by atoms with E-state index in [1.165, 1.54) is 0 Å². The van der Waals surface area contributed by atoms with Crippen LogP contribution in [0, 0.1) is 5.92 Å². The monoisotopic (exact) mass is 226 g/mol. The summed E-state index contributed by atoms with van der Waals surface area (Å²) in [5.41, 5.74) is 0. The molecular formula is C12H22N2O2. The summed E-state index contributed by atoms with van der Waals surface area (Å²) in [7, 11) is 0. The van der Waals surface area contributed by atoms with Gasteiger partial charge in [-0.05, 0) is 25.7 Å². The van der Waals surface area contributed by atoms with Gasteiger partial charge in [-0.1, -0.05) is 13.8 Å². The predicted molar refractivity (Wildman–Crippen MR) is 61.9 cm³/mol. The lowest BCUT2D eigenvalue weighted by molar-refractivity contribution is -0.132. The third kappa shape index (κ3) is 2.23. The molecule has 2 heterocycles. The molecule has 2 aliphatic rings. The second-order valence-electron chi connectivity index (χ2n) is 5.19. The molecule has 0 spiro atoms. The van der Waals surface area contributed by atoms with Crippen LogP contribution in [0.2, 0.25) is 0 Å². The number of carbonyl (C=O) groups is 1. The van der Waals surface area contributed by atoms with Crippen LogP contribution in [0.3, 0.4) is 0 Å². The first-order valence-corrected chi connectivity index (χ1v) is 6.27. The number of hydrogen-bond donors (Lipinski definition) is 1. The molecule has 3 atom stereocenters. The molecule has 0 aromatic carbocycles. The summed E-state index contributed by atoms with van der Waals surface area (Å²) in [4.78, 5) is 14.1. The van der Waals surface area contributed by atoms with Gasteiger partial charge in [0.1, 0.15) is 0 Å². The first kappa shape index (κ1) is 11.9. The van der Waals surface area contributed by atoms with Gasteiger partial charge in [0.2, 0.25) is 5.91 Å². The van der Waals surface area contributed by atoms with Crippen LogP contribution in [-0.2, 0) is 9.53 Å². The van der Waals surface area contributed by atoms with Gasteiger partial charge in [-0.3, -0.25) is 10.1 Å². The molecular weight excluding hydrogens is 204 g/mol. The molecule has 92 valence electrons. The van der Waals surface area contributed by atoms with E-state index in [-0.39, 0.29) is 24.2 Å². The molecule has 0 aliphatic carbocycles. The van der Waals surface area contributed by atoms with Crippen molar-refractivity contribution >= 4 is 5.91 Å². The largest absolute Gasteiger partial charge is 0.376 e. The molecule has 2 saturated heterocycles.